The van der Waals surface area contributed by atoms with Gasteiger partial charge < -0.3 is 4.74 Å². The molecule has 0 N–H and O–H groups in total. The van der Waals surface area contributed by atoms with E-state index in [0.717, 1.165) is 0 Å². The molecule has 2 rings (SSSR count). The van der Waals surface area contributed by atoms with Gasteiger partial charge in [0.1, 0.15) is 17.6 Å². The number of hydrogen-bond donors (Lipinski definition) is 0. The Morgan fingerprint density at radius 3 is 2.76 bits per heavy atom. The minimum absolute atomic E-state index is 0.312. The maximum atomic E-state index is 12.0. The lowest BCUT2D eigenvalue weighted by Gasteiger charge is -2.19. The van der Waals surface area contributed by atoms with E-state index in [1.165, 1.54) is 12.4 Å². The number of hydrogen-bond acceptors (Lipinski definition) is 4. The quantitative estimate of drug-likeness (QED) is 0.732. The Bertz CT molecular complexity index is 572. The van der Waals surface area contributed by atoms with Gasteiger partial charge in [0.2, 0.25) is 0 Å². The maximum Gasteiger partial charge on any atom is 0.355 e. The van der Waals surface area contributed by atoms with Gasteiger partial charge in [-0.2, -0.15) is 0 Å². The highest BCUT2D eigenvalue weighted by Crippen LogP contribution is 2.18. The van der Waals surface area contributed by atoms with Crippen LogP contribution in [0.15, 0.2) is 18.5 Å². The first kappa shape index (κ1) is 11.9. The predicted octanol–water partition coefficient (Wildman–Crippen LogP) is 2.34. The topological polar surface area (TPSA) is 56.5 Å². The van der Waals surface area contributed by atoms with E-state index >= 15 is 0 Å². The van der Waals surface area contributed by atoms with E-state index in [4.69, 9.17) is 16.3 Å². The molecule has 0 bridgehead atoms. The van der Waals surface area contributed by atoms with Crippen molar-refractivity contribution < 1.29 is 9.53 Å². The average Bonchev–Trinajstić information content (AvgIpc) is 2.60. The van der Waals surface area contributed by atoms with Crippen LogP contribution in [-0.2, 0) is 4.74 Å². The molecular weight excluding hydrogens is 242 g/mol. The smallest absolute Gasteiger partial charge is 0.355 e. The number of rotatable bonds is 1. The Kier molecular flexibility index (Phi) is 2.79. The van der Waals surface area contributed by atoms with Crippen molar-refractivity contribution >= 4 is 23.2 Å². The first-order valence-corrected chi connectivity index (χ1v) is 5.47. The Morgan fingerprint density at radius 1 is 1.41 bits per heavy atom. The highest BCUT2D eigenvalue weighted by molar-refractivity contribution is 6.31. The fraction of sp³-hybridized carbons (Fsp3) is 0.364. The monoisotopic (exact) mass is 253 g/mol. The van der Waals surface area contributed by atoms with Crippen LogP contribution in [0.2, 0.25) is 5.02 Å². The second kappa shape index (κ2) is 4.00. The van der Waals surface area contributed by atoms with Gasteiger partial charge in [0.15, 0.2) is 5.65 Å². The van der Waals surface area contributed by atoms with Crippen LogP contribution >= 0.6 is 11.6 Å². The largest absolute Gasteiger partial charge is 0.455 e. The van der Waals surface area contributed by atoms with Crippen LogP contribution < -0.4 is 0 Å². The summed E-state index contributed by atoms with van der Waals surface area (Å²) in [6.45, 7) is 5.41. The molecule has 2 aromatic heterocycles. The summed E-state index contributed by atoms with van der Waals surface area (Å²) in [6.07, 6.45) is 1.45. The number of carbonyl (C=O) groups excluding carboxylic acids is 1. The molecule has 0 radical (unpaired) electrons. The van der Waals surface area contributed by atoms with Crippen molar-refractivity contribution in [3.63, 3.8) is 0 Å². The Morgan fingerprint density at radius 2 is 2.12 bits per heavy atom. The molecule has 0 fully saturated rings. The van der Waals surface area contributed by atoms with Crippen LogP contribution in [0.4, 0.5) is 0 Å². The summed E-state index contributed by atoms with van der Waals surface area (Å²) in [5.74, 6) is -0.454. The third-order valence-corrected chi connectivity index (χ3v) is 2.20. The van der Waals surface area contributed by atoms with Crippen molar-refractivity contribution in [2.45, 2.75) is 26.4 Å². The molecule has 90 valence electrons. The molecule has 0 saturated heterocycles. The van der Waals surface area contributed by atoms with E-state index in [9.17, 15) is 4.79 Å². The number of ether oxygens (including phenoxy) is 1. The second-order valence-electron chi connectivity index (χ2n) is 4.62. The molecule has 0 atom stereocenters. The first-order chi connectivity index (χ1) is 7.87. The minimum Gasteiger partial charge on any atom is -0.455 e. The molecule has 0 aliphatic rings. The summed E-state index contributed by atoms with van der Waals surface area (Å²) in [5, 5.41) is 7.99. The number of nitrogens with zero attached hydrogens (tertiary/aromatic N) is 3. The summed E-state index contributed by atoms with van der Waals surface area (Å²) >= 11 is 5.91. The fourth-order valence-corrected chi connectivity index (χ4v) is 1.58. The van der Waals surface area contributed by atoms with Crippen LogP contribution in [0.3, 0.4) is 0 Å². The second-order valence-corrected chi connectivity index (χ2v) is 5.06. The molecule has 0 aliphatic carbocycles. The first-order valence-electron chi connectivity index (χ1n) is 5.09. The Labute approximate surface area is 103 Å². The molecule has 6 heteroatoms. The normalized spacial score (nSPS) is 11.8. The van der Waals surface area contributed by atoms with Crippen molar-refractivity contribution in [2.75, 3.05) is 0 Å². The molecule has 0 amide bonds. The zero-order valence-corrected chi connectivity index (χ0v) is 10.5. The van der Waals surface area contributed by atoms with Crippen molar-refractivity contribution in [2.24, 2.45) is 0 Å². The summed E-state index contributed by atoms with van der Waals surface area (Å²) in [4.78, 5) is 12.0. The standard InChI is InChI=1S/C11H12ClN3O2/c1-11(2,3)17-10(16)8-4-7(12)5-9-14-13-6-15(8)9/h4-6H,1-3H3. The van der Waals surface area contributed by atoms with Crippen LogP contribution in [0.25, 0.3) is 5.65 Å². The number of aromatic nitrogens is 3. The fourth-order valence-electron chi connectivity index (χ4n) is 1.38. The van der Waals surface area contributed by atoms with Gasteiger partial charge in [0.05, 0.1) is 0 Å². The Hall–Kier alpha value is -1.62. The SMILES string of the molecule is CC(C)(C)OC(=O)c1cc(Cl)cc2nncn12. The molecular formula is C11H12ClN3O2. The van der Waals surface area contributed by atoms with Gasteiger partial charge in [-0.15, -0.1) is 10.2 Å². The minimum atomic E-state index is -0.556. The van der Waals surface area contributed by atoms with E-state index in [0.29, 0.717) is 16.4 Å². The van der Waals surface area contributed by atoms with Gasteiger partial charge in [-0.25, -0.2) is 4.79 Å². The zero-order chi connectivity index (χ0) is 12.6. The van der Waals surface area contributed by atoms with Crippen molar-refractivity contribution in [3.05, 3.63) is 29.2 Å². The van der Waals surface area contributed by atoms with Crippen LogP contribution in [-0.4, -0.2) is 26.2 Å². The predicted molar refractivity (Wildman–Crippen MR) is 63.2 cm³/mol. The lowest BCUT2D eigenvalue weighted by atomic mass is 10.2. The molecule has 5 nitrogen and oxygen atoms in total. The molecule has 0 saturated carbocycles. The van der Waals surface area contributed by atoms with E-state index in [1.54, 1.807) is 31.2 Å². The summed E-state index contributed by atoms with van der Waals surface area (Å²) in [6, 6.07) is 3.16. The van der Waals surface area contributed by atoms with Crippen LogP contribution in [0, 0.1) is 0 Å². The highest BCUT2D eigenvalue weighted by atomic mass is 35.5. The number of fused-ring (bicyclic) bond motifs is 1. The van der Waals surface area contributed by atoms with Crippen LogP contribution in [0.1, 0.15) is 31.3 Å². The summed E-state index contributed by atoms with van der Waals surface area (Å²) < 4.78 is 6.82. The lowest BCUT2D eigenvalue weighted by molar-refractivity contribution is 0.00611. The number of carbonyl (C=O) groups is 1. The third-order valence-electron chi connectivity index (χ3n) is 1.98. The van der Waals surface area contributed by atoms with Gasteiger partial charge in [0.25, 0.3) is 0 Å². The van der Waals surface area contributed by atoms with Crippen molar-refractivity contribution in [1.82, 2.24) is 14.6 Å². The highest BCUT2D eigenvalue weighted by Gasteiger charge is 2.20. The lowest BCUT2D eigenvalue weighted by Crippen LogP contribution is -2.25. The number of halogens is 1. The summed E-state index contributed by atoms with van der Waals surface area (Å²) in [5.41, 5.74) is 0.269. The molecule has 0 unspecified atom stereocenters. The van der Waals surface area contributed by atoms with E-state index < -0.39 is 11.6 Å². The van der Waals surface area contributed by atoms with E-state index in [-0.39, 0.29) is 0 Å². The molecule has 0 aliphatic heterocycles. The van der Waals surface area contributed by atoms with E-state index in [2.05, 4.69) is 10.2 Å². The molecule has 0 aromatic carbocycles. The number of pyridine rings is 1. The van der Waals surface area contributed by atoms with Crippen LogP contribution in [0.5, 0.6) is 0 Å². The van der Waals surface area contributed by atoms with Gasteiger partial charge in [-0.3, -0.25) is 4.40 Å². The van der Waals surface area contributed by atoms with Gasteiger partial charge in [-0.1, -0.05) is 11.6 Å². The van der Waals surface area contributed by atoms with Gasteiger partial charge in [0, 0.05) is 11.1 Å². The Balaban J connectivity index is 2.47. The van der Waals surface area contributed by atoms with Gasteiger partial charge in [-0.05, 0) is 26.8 Å². The van der Waals surface area contributed by atoms with Crippen molar-refractivity contribution in [1.29, 1.82) is 0 Å². The third kappa shape index (κ3) is 2.55. The van der Waals surface area contributed by atoms with E-state index in [1.807, 2.05) is 0 Å². The summed E-state index contributed by atoms with van der Waals surface area (Å²) in [7, 11) is 0. The van der Waals surface area contributed by atoms with Gasteiger partial charge >= 0.3 is 5.97 Å². The van der Waals surface area contributed by atoms with Crippen molar-refractivity contribution in [3.8, 4) is 0 Å². The molecule has 2 aromatic rings. The molecule has 2 heterocycles. The average molecular weight is 254 g/mol. The number of esters is 1. The molecule has 17 heavy (non-hydrogen) atoms. The molecule has 0 spiro atoms. The maximum absolute atomic E-state index is 12.0. The zero-order valence-electron chi connectivity index (χ0n) is 9.77.